The standard InChI is InChI=1S/C14H27N/c1-4-5-10-15-13-11-8-6-7-9-12(11)14(13,2)3/h11-13,15H,4-10H2,1-3H3/t11-,12+,13?/m1/s1. The Morgan fingerprint density at radius 1 is 1.20 bits per heavy atom. The van der Waals surface area contributed by atoms with E-state index in [0.717, 1.165) is 17.9 Å². The first-order chi connectivity index (χ1) is 7.18. The SMILES string of the molecule is CCCCNC1[C@@H]2CCCC[C@@H]2C1(C)C. The molecule has 0 heterocycles. The van der Waals surface area contributed by atoms with Crippen LogP contribution in [0, 0.1) is 17.3 Å². The van der Waals surface area contributed by atoms with Gasteiger partial charge < -0.3 is 5.32 Å². The molecule has 15 heavy (non-hydrogen) atoms. The van der Waals surface area contributed by atoms with Gasteiger partial charge in [0.1, 0.15) is 0 Å². The first-order valence-electron chi connectivity index (χ1n) is 6.91. The fourth-order valence-electron chi connectivity index (χ4n) is 3.99. The summed E-state index contributed by atoms with van der Waals surface area (Å²) in [4.78, 5) is 0. The average Bonchev–Trinajstić information content (AvgIpc) is 2.24. The molecule has 1 unspecified atom stereocenters. The zero-order chi connectivity index (χ0) is 10.9. The van der Waals surface area contributed by atoms with Crippen LogP contribution in [0.1, 0.15) is 59.3 Å². The molecule has 0 aliphatic heterocycles. The van der Waals surface area contributed by atoms with Crippen LogP contribution in [-0.2, 0) is 0 Å². The highest BCUT2D eigenvalue weighted by Gasteiger charge is 2.55. The van der Waals surface area contributed by atoms with Crippen molar-refractivity contribution < 1.29 is 0 Å². The average molecular weight is 209 g/mol. The van der Waals surface area contributed by atoms with Crippen LogP contribution >= 0.6 is 0 Å². The van der Waals surface area contributed by atoms with Crippen molar-refractivity contribution in [2.24, 2.45) is 17.3 Å². The van der Waals surface area contributed by atoms with Crippen molar-refractivity contribution in [2.75, 3.05) is 6.54 Å². The third-order valence-corrected chi connectivity index (χ3v) is 4.90. The minimum absolute atomic E-state index is 0.568. The molecule has 88 valence electrons. The molecule has 1 N–H and O–H groups in total. The van der Waals surface area contributed by atoms with Gasteiger partial charge in [0.2, 0.25) is 0 Å². The summed E-state index contributed by atoms with van der Waals surface area (Å²) in [6.45, 7) is 8.46. The van der Waals surface area contributed by atoms with Crippen molar-refractivity contribution in [3.63, 3.8) is 0 Å². The van der Waals surface area contributed by atoms with E-state index in [4.69, 9.17) is 0 Å². The van der Waals surface area contributed by atoms with Gasteiger partial charge in [0.05, 0.1) is 0 Å². The van der Waals surface area contributed by atoms with Crippen LogP contribution in [0.15, 0.2) is 0 Å². The van der Waals surface area contributed by atoms with Crippen molar-refractivity contribution in [1.82, 2.24) is 5.32 Å². The lowest BCUT2D eigenvalue weighted by Gasteiger charge is -2.61. The van der Waals surface area contributed by atoms with Crippen LogP contribution in [0.25, 0.3) is 0 Å². The first-order valence-corrected chi connectivity index (χ1v) is 6.91. The molecule has 0 radical (unpaired) electrons. The van der Waals surface area contributed by atoms with Crippen molar-refractivity contribution >= 4 is 0 Å². The Hall–Kier alpha value is -0.0400. The number of rotatable bonds is 4. The molecule has 1 nitrogen and oxygen atoms in total. The number of hydrogen-bond donors (Lipinski definition) is 1. The van der Waals surface area contributed by atoms with Gasteiger partial charge in [-0.1, -0.05) is 40.0 Å². The van der Waals surface area contributed by atoms with Crippen molar-refractivity contribution in [3.05, 3.63) is 0 Å². The predicted molar refractivity (Wildman–Crippen MR) is 65.9 cm³/mol. The third-order valence-electron chi connectivity index (χ3n) is 4.90. The summed E-state index contributed by atoms with van der Waals surface area (Å²) >= 11 is 0. The molecule has 0 aromatic heterocycles. The molecule has 0 spiro atoms. The van der Waals surface area contributed by atoms with Gasteiger partial charge in [-0.25, -0.2) is 0 Å². The summed E-state index contributed by atoms with van der Waals surface area (Å²) in [5, 5.41) is 3.81. The van der Waals surface area contributed by atoms with Crippen LogP contribution in [0.5, 0.6) is 0 Å². The van der Waals surface area contributed by atoms with Crippen molar-refractivity contribution in [2.45, 2.75) is 65.3 Å². The fraction of sp³-hybridized carbons (Fsp3) is 1.00. The maximum absolute atomic E-state index is 3.81. The molecule has 0 bridgehead atoms. The topological polar surface area (TPSA) is 12.0 Å². The van der Waals surface area contributed by atoms with E-state index in [1.807, 2.05) is 0 Å². The molecule has 3 atom stereocenters. The highest BCUT2D eigenvalue weighted by atomic mass is 15.0. The summed E-state index contributed by atoms with van der Waals surface area (Å²) in [6.07, 6.45) is 8.58. The number of unbranched alkanes of at least 4 members (excludes halogenated alkanes) is 1. The van der Waals surface area contributed by atoms with Crippen LogP contribution in [-0.4, -0.2) is 12.6 Å². The van der Waals surface area contributed by atoms with E-state index in [0.29, 0.717) is 5.41 Å². The minimum Gasteiger partial charge on any atom is -0.313 e. The Kier molecular flexibility index (Phi) is 3.39. The second-order valence-corrected chi connectivity index (χ2v) is 6.16. The third kappa shape index (κ3) is 1.95. The largest absolute Gasteiger partial charge is 0.313 e. The summed E-state index contributed by atoms with van der Waals surface area (Å²) in [5.41, 5.74) is 0.568. The van der Waals surface area contributed by atoms with E-state index in [1.165, 1.54) is 45.1 Å². The van der Waals surface area contributed by atoms with E-state index >= 15 is 0 Å². The number of hydrogen-bond acceptors (Lipinski definition) is 1. The molecule has 2 saturated carbocycles. The molecule has 2 fully saturated rings. The normalized spacial score (nSPS) is 38.2. The molecule has 0 amide bonds. The quantitative estimate of drug-likeness (QED) is 0.698. The fourth-order valence-corrected chi connectivity index (χ4v) is 3.99. The molecule has 2 rings (SSSR count). The Morgan fingerprint density at radius 3 is 2.67 bits per heavy atom. The number of nitrogens with one attached hydrogen (secondary N) is 1. The van der Waals surface area contributed by atoms with Crippen LogP contribution in [0.2, 0.25) is 0 Å². The van der Waals surface area contributed by atoms with E-state index < -0.39 is 0 Å². The van der Waals surface area contributed by atoms with Crippen molar-refractivity contribution in [3.8, 4) is 0 Å². The molecule has 0 saturated heterocycles. The Morgan fingerprint density at radius 2 is 1.93 bits per heavy atom. The molecule has 2 aliphatic carbocycles. The summed E-state index contributed by atoms with van der Waals surface area (Å²) in [7, 11) is 0. The van der Waals surface area contributed by atoms with Gasteiger partial charge in [0.25, 0.3) is 0 Å². The van der Waals surface area contributed by atoms with Gasteiger partial charge in [-0.3, -0.25) is 0 Å². The van der Waals surface area contributed by atoms with Gasteiger partial charge in [-0.2, -0.15) is 0 Å². The smallest absolute Gasteiger partial charge is 0.0152 e. The lowest BCUT2D eigenvalue weighted by molar-refractivity contribution is -0.0872. The van der Waals surface area contributed by atoms with Crippen LogP contribution in [0.4, 0.5) is 0 Å². The Balaban J connectivity index is 1.87. The van der Waals surface area contributed by atoms with Gasteiger partial charge in [0, 0.05) is 6.04 Å². The monoisotopic (exact) mass is 209 g/mol. The lowest BCUT2D eigenvalue weighted by Crippen LogP contribution is -2.64. The highest BCUT2D eigenvalue weighted by Crippen LogP contribution is 2.57. The van der Waals surface area contributed by atoms with Crippen molar-refractivity contribution in [1.29, 1.82) is 0 Å². The van der Waals surface area contributed by atoms with Crippen LogP contribution in [0.3, 0.4) is 0 Å². The van der Waals surface area contributed by atoms with E-state index in [2.05, 4.69) is 26.1 Å². The summed E-state index contributed by atoms with van der Waals surface area (Å²) < 4.78 is 0. The molecular formula is C14H27N. The van der Waals surface area contributed by atoms with E-state index in [9.17, 15) is 0 Å². The Labute approximate surface area is 95.0 Å². The van der Waals surface area contributed by atoms with Gasteiger partial charge in [-0.05, 0) is 43.1 Å². The zero-order valence-corrected chi connectivity index (χ0v) is 10.7. The highest BCUT2D eigenvalue weighted by molar-refractivity contribution is 5.08. The number of fused-ring (bicyclic) bond motifs is 1. The lowest BCUT2D eigenvalue weighted by atomic mass is 9.48. The second-order valence-electron chi connectivity index (χ2n) is 6.16. The van der Waals surface area contributed by atoms with Crippen LogP contribution < -0.4 is 5.32 Å². The van der Waals surface area contributed by atoms with E-state index in [-0.39, 0.29) is 0 Å². The minimum atomic E-state index is 0.568. The molecule has 1 heteroatoms. The zero-order valence-electron chi connectivity index (χ0n) is 10.7. The molecule has 0 aromatic rings. The maximum Gasteiger partial charge on any atom is 0.0152 e. The molecule has 2 aliphatic rings. The molecule has 0 aromatic carbocycles. The van der Waals surface area contributed by atoms with Gasteiger partial charge in [0.15, 0.2) is 0 Å². The Bertz CT molecular complexity index is 209. The molecular weight excluding hydrogens is 182 g/mol. The van der Waals surface area contributed by atoms with Gasteiger partial charge >= 0.3 is 0 Å². The van der Waals surface area contributed by atoms with Gasteiger partial charge in [-0.15, -0.1) is 0 Å². The first kappa shape index (κ1) is 11.4. The summed E-state index contributed by atoms with van der Waals surface area (Å²) in [6, 6.07) is 0.814. The van der Waals surface area contributed by atoms with E-state index in [1.54, 1.807) is 0 Å². The predicted octanol–water partition coefficient (Wildman–Crippen LogP) is 3.59. The second kappa shape index (κ2) is 4.45. The maximum atomic E-state index is 3.81. The summed E-state index contributed by atoms with van der Waals surface area (Å²) in [5.74, 6) is 2.02.